The van der Waals surface area contributed by atoms with Crippen LogP contribution in [0.25, 0.3) is 0 Å². The van der Waals surface area contributed by atoms with E-state index in [1.54, 1.807) is 45.2 Å². The van der Waals surface area contributed by atoms with E-state index in [1.807, 2.05) is 0 Å². The molecule has 0 aliphatic rings. The molecular formula is C21H24FN3O4. The number of benzene rings is 2. The summed E-state index contributed by atoms with van der Waals surface area (Å²) in [5, 5.41) is 2.60. The SMILES string of the molecule is COc1ccc(CC(=O)NNC(=O)C(NC(=O)c2ccc(F)cc2)C(C)C)cc1. The Bertz CT molecular complexity index is 851. The molecule has 0 saturated carbocycles. The van der Waals surface area contributed by atoms with E-state index in [-0.39, 0.29) is 17.9 Å². The number of hydrazine groups is 1. The van der Waals surface area contributed by atoms with Gasteiger partial charge in [0.2, 0.25) is 5.91 Å². The molecule has 0 spiro atoms. The maximum atomic E-state index is 13.0. The molecule has 154 valence electrons. The van der Waals surface area contributed by atoms with Crippen LogP contribution < -0.4 is 20.9 Å². The highest BCUT2D eigenvalue weighted by molar-refractivity contribution is 5.97. The zero-order chi connectivity index (χ0) is 21.4. The fraction of sp³-hybridized carbons (Fsp3) is 0.286. The molecule has 0 fully saturated rings. The fourth-order valence-electron chi connectivity index (χ4n) is 2.54. The van der Waals surface area contributed by atoms with Crippen molar-refractivity contribution in [2.24, 2.45) is 5.92 Å². The molecule has 1 unspecified atom stereocenters. The monoisotopic (exact) mass is 401 g/mol. The van der Waals surface area contributed by atoms with Crippen LogP contribution in [0, 0.1) is 11.7 Å². The zero-order valence-corrected chi connectivity index (χ0v) is 16.5. The predicted octanol–water partition coefficient (Wildman–Crippen LogP) is 1.98. The van der Waals surface area contributed by atoms with Gasteiger partial charge in [-0.15, -0.1) is 0 Å². The van der Waals surface area contributed by atoms with Crippen molar-refractivity contribution in [1.82, 2.24) is 16.2 Å². The van der Waals surface area contributed by atoms with Crippen molar-refractivity contribution >= 4 is 17.7 Å². The van der Waals surface area contributed by atoms with Crippen molar-refractivity contribution in [3.8, 4) is 5.75 Å². The van der Waals surface area contributed by atoms with Gasteiger partial charge in [0.1, 0.15) is 17.6 Å². The van der Waals surface area contributed by atoms with Gasteiger partial charge in [-0.25, -0.2) is 4.39 Å². The zero-order valence-electron chi connectivity index (χ0n) is 16.5. The third-order valence-electron chi connectivity index (χ3n) is 4.19. The van der Waals surface area contributed by atoms with Gasteiger partial charge in [-0.1, -0.05) is 26.0 Å². The number of hydrogen-bond donors (Lipinski definition) is 3. The van der Waals surface area contributed by atoms with E-state index in [0.717, 1.165) is 5.56 Å². The fourth-order valence-corrected chi connectivity index (χ4v) is 2.54. The molecule has 29 heavy (non-hydrogen) atoms. The Hall–Kier alpha value is -3.42. The summed E-state index contributed by atoms with van der Waals surface area (Å²) in [6.45, 7) is 3.52. The molecule has 2 rings (SSSR count). The smallest absolute Gasteiger partial charge is 0.261 e. The van der Waals surface area contributed by atoms with Gasteiger partial charge in [0.15, 0.2) is 0 Å². The number of rotatable bonds is 7. The maximum absolute atomic E-state index is 13.0. The Labute approximate surface area is 168 Å². The third-order valence-corrected chi connectivity index (χ3v) is 4.19. The first kappa shape index (κ1) is 21.9. The van der Waals surface area contributed by atoms with Crippen molar-refractivity contribution in [3.63, 3.8) is 0 Å². The van der Waals surface area contributed by atoms with Crippen LogP contribution in [0.1, 0.15) is 29.8 Å². The second-order valence-electron chi connectivity index (χ2n) is 6.76. The first-order chi connectivity index (χ1) is 13.8. The molecule has 0 aromatic heterocycles. The van der Waals surface area contributed by atoms with Gasteiger partial charge in [-0.3, -0.25) is 25.2 Å². The van der Waals surface area contributed by atoms with Crippen molar-refractivity contribution in [2.45, 2.75) is 26.3 Å². The van der Waals surface area contributed by atoms with Crippen LogP contribution >= 0.6 is 0 Å². The average molecular weight is 401 g/mol. The minimum atomic E-state index is -0.881. The molecule has 0 saturated heterocycles. The number of halogens is 1. The minimum absolute atomic E-state index is 0.0680. The summed E-state index contributed by atoms with van der Waals surface area (Å²) in [6.07, 6.45) is 0.0680. The van der Waals surface area contributed by atoms with E-state index in [4.69, 9.17) is 4.74 Å². The Kier molecular flexibility index (Phi) is 7.70. The molecule has 2 aromatic rings. The van der Waals surface area contributed by atoms with E-state index >= 15 is 0 Å². The Balaban J connectivity index is 1.90. The van der Waals surface area contributed by atoms with Crippen LogP contribution in [0.4, 0.5) is 4.39 Å². The van der Waals surface area contributed by atoms with Gasteiger partial charge in [0.05, 0.1) is 13.5 Å². The van der Waals surface area contributed by atoms with Crippen LogP contribution in [0.3, 0.4) is 0 Å². The molecule has 0 heterocycles. The van der Waals surface area contributed by atoms with Crippen LogP contribution in [-0.4, -0.2) is 30.9 Å². The molecule has 8 heteroatoms. The molecule has 1 atom stereocenters. The topological polar surface area (TPSA) is 96.5 Å². The highest BCUT2D eigenvalue weighted by atomic mass is 19.1. The lowest BCUT2D eigenvalue weighted by atomic mass is 10.0. The van der Waals surface area contributed by atoms with Crippen molar-refractivity contribution in [1.29, 1.82) is 0 Å². The largest absolute Gasteiger partial charge is 0.497 e. The summed E-state index contributed by atoms with van der Waals surface area (Å²) < 4.78 is 18.1. The van der Waals surface area contributed by atoms with Gasteiger partial charge < -0.3 is 10.1 Å². The molecule has 0 bridgehead atoms. The number of amides is 3. The highest BCUT2D eigenvalue weighted by Crippen LogP contribution is 2.11. The average Bonchev–Trinajstić information content (AvgIpc) is 2.71. The van der Waals surface area contributed by atoms with Gasteiger partial charge in [0, 0.05) is 5.56 Å². The number of carbonyl (C=O) groups is 3. The molecule has 3 N–H and O–H groups in total. The second-order valence-corrected chi connectivity index (χ2v) is 6.76. The standard InChI is InChI=1S/C21H24FN3O4/c1-13(2)19(23-20(27)15-6-8-16(22)9-7-15)21(28)25-24-18(26)12-14-4-10-17(29-3)11-5-14/h4-11,13,19H,12H2,1-3H3,(H,23,27)(H,24,26)(H,25,28). The lowest BCUT2D eigenvalue weighted by Gasteiger charge is -2.22. The Morgan fingerprint density at radius 3 is 2.14 bits per heavy atom. The van der Waals surface area contributed by atoms with Crippen LogP contribution in [0.15, 0.2) is 48.5 Å². The van der Waals surface area contributed by atoms with E-state index < -0.39 is 29.6 Å². The van der Waals surface area contributed by atoms with E-state index in [2.05, 4.69) is 16.2 Å². The van der Waals surface area contributed by atoms with Gasteiger partial charge in [0.25, 0.3) is 11.8 Å². The van der Waals surface area contributed by atoms with Crippen LogP contribution in [0.5, 0.6) is 5.75 Å². The quantitative estimate of drug-likeness (QED) is 0.618. The number of nitrogens with one attached hydrogen (secondary N) is 3. The number of methoxy groups -OCH3 is 1. The molecular weight excluding hydrogens is 377 g/mol. The van der Waals surface area contributed by atoms with E-state index in [0.29, 0.717) is 5.75 Å². The summed E-state index contributed by atoms with van der Waals surface area (Å²) >= 11 is 0. The summed E-state index contributed by atoms with van der Waals surface area (Å²) in [6, 6.07) is 11.1. The van der Waals surface area contributed by atoms with Crippen molar-refractivity contribution in [3.05, 3.63) is 65.5 Å². The van der Waals surface area contributed by atoms with E-state index in [1.165, 1.54) is 24.3 Å². The Morgan fingerprint density at radius 2 is 1.59 bits per heavy atom. The molecule has 7 nitrogen and oxygen atoms in total. The number of ether oxygens (including phenoxy) is 1. The summed E-state index contributed by atoms with van der Waals surface area (Å²) in [7, 11) is 1.55. The Morgan fingerprint density at radius 1 is 0.966 bits per heavy atom. The van der Waals surface area contributed by atoms with Gasteiger partial charge in [-0.05, 0) is 47.9 Å². The van der Waals surface area contributed by atoms with Crippen LogP contribution in [0.2, 0.25) is 0 Å². The molecule has 3 amide bonds. The first-order valence-electron chi connectivity index (χ1n) is 9.08. The normalized spacial score (nSPS) is 11.5. The lowest BCUT2D eigenvalue weighted by Crippen LogP contribution is -2.54. The van der Waals surface area contributed by atoms with Crippen molar-refractivity contribution in [2.75, 3.05) is 7.11 Å². The minimum Gasteiger partial charge on any atom is -0.497 e. The number of carbonyl (C=O) groups excluding carboxylic acids is 3. The summed E-state index contributed by atoms with van der Waals surface area (Å²) in [5.41, 5.74) is 5.66. The lowest BCUT2D eigenvalue weighted by molar-refractivity contribution is -0.130. The predicted molar refractivity (Wildman–Crippen MR) is 105 cm³/mol. The molecule has 0 aliphatic heterocycles. The van der Waals surface area contributed by atoms with Crippen LogP contribution in [-0.2, 0) is 16.0 Å². The first-order valence-corrected chi connectivity index (χ1v) is 9.08. The van der Waals surface area contributed by atoms with Crippen molar-refractivity contribution < 1.29 is 23.5 Å². The molecule has 2 aromatic carbocycles. The summed E-state index contributed by atoms with van der Waals surface area (Å²) in [5.74, 6) is -1.49. The molecule has 0 radical (unpaired) electrons. The van der Waals surface area contributed by atoms with Gasteiger partial charge in [-0.2, -0.15) is 0 Å². The maximum Gasteiger partial charge on any atom is 0.261 e. The second kappa shape index (κ2) is 10.2. The van der Waals surface area contributed by atoms with E-state index in [9.17, 15) is 18.8 Å². The highest BCUT2D eigenvalue weighted by Gasteiger charge is 2.25. The van der Waals surface area contributed by atoms with Gasteiger partial charge >= 0.3 is 0 Å². The number of hydrogen-bond acceptors (Lipinski definition) is 4. The third kappa shape index (κ3) is 6.60. The summed E-state index contributed by atoms with van der Waals surface area (Å²) in [4.78, 5) is 36.8. The molecule has 0 aliphatic carbocycles.